The summed E-state index contributed by atoms with van der Waals surface area (Å²) in [6.45, 7) is 4.56. The van der Waals surface area contributed by atoms with Gasteiger partial charge in [-0.1, -0.05) is 31.2 Å². The fourth-order valence-electron chi connectivity index (χ4n) is 2.74. The first-order valence-corrected chi connectivity index (χ1v) is 9.49. The summed E-state index contributed by atoms with van der Waals surface area (Å²) in [5, 5.41) is 2.74. The average Bonchev–Trinajstić information content (AvgIpc) is 3.10. The summed E-state index contributed by atoms with van der Waals surface area (Å²) >= 11 is 0. The lowest BCUT2D eigenvalue weighted by Crippen LogP contribution is -2.14. The molecule has 0 aliphatic carbocycles. The van der Waals surface area contributed by atoms with Crippen LogP contribution in [0.2, 0.25) is 0 Å². The monoisotopic (exact) mass is 393 g/mol. The number of carbonyl (C=O) groups excluding carboxylic acids is 2. The number of para-hydroxylation sites is 1. The van der Waals surface area contributed by atoms with Crippen molar-refractivity contribution in [2.75, 3.05) is 18.5 Å². The Labute approximate surface area is 169 Å². The van der Waals surface area contributed by atoms with Gasteiger partial charge in [0.25, 0.3) is 0 Å². The summed E-state index contributed by atoms with van der Waals surface area (Å²) in [4.78, 5) is 29.1. The predicted molar refractivity (Wildman–Crippen MR) is 111 cm³/mol. The topological polar surface area (TPSA) is 81.9 Å². The highest BCUT2D eigenvalue weighted by atomic mass is 16.5. The molecule has 0 aliphatic heterocycles. The fourth-order valence-corrected chi connectivity index (χ4v) is 2.74. The van der Waals surface area contributed by atoms with Gasteiger partial charge in [-0.25, -0.2) is 9.78 Å². The molecule has 0 unspecified atom stereocenters. The lowest BCUT2D eigenvalue weighted by Gasteiger charge is -2.08. The zero-order chi connectivity index (χ0) is 20.6. The minimum absolute atomic E-state index is 0.0616. The number of hydrogen-bond acceptors (Lipinski definition) is 5. The van der Waals surface area contributed by atoms with Crippen molar-refractivity contribution in [1.29, 1.82) is 0 Å². The lowest BCUT2D eigenvalue weighted by molar-refractivity contribution is -0.111. The molecule has 7 heteroatoms. The Morgan fingerprint density at radius 2 is 1.93 bits per heavy atom. The molecule has 0 saturated heterocycles. The van der Waals surface area contributed by atoms with Crippen LogP contribution in [-0.4, -0.2) is 34.5 Å². The number of nitrogens with one attached hydrogen (secondary N) is 1. The molecule has 1 N–H and O–H groups in total. The highest BCUT2D eigenvalue weighted by Gasteiger charge is 2.21. The number of amides is 1. The molecule has 0 spiro atoms. The molecule has 0 atom stereocenters. The zero-order valence-corrected chi connectivity index (χ0v) is 16.4. The van der Waals surface area contributed by atoms with E-state index < -0.39 is 11.9 Å². The van der Waals surface area contributed by atoms with Crippen molar-refractivity contribution in [1.82, 2.24) is 9.38 Å². The number of pyridine rings is 1. The highest BCUT2D eigenvalue weighted by molar-refractivity contribution is 6.05. The number of esters is 1. The van der Waals surface area contributed by atoms with Gasteiger partial charge in [-0.2, -0.15) is 0 Å². The Kier molecular flexibility index (Phi) is 6.63. The SMILES string of the molecule is CCCOc1ccccc1/C=C/C(=O)Nc1c(C(=O)OCC)nc2ccccn12. The maximum absolute atomic E-state index is 12.6. The van der Waals surface area contributed by atoms with Crippen LogP contribution < -0.4 is 10.1 Å². The molecule has 29 heavy (non-hydrogen) atoms. The van der Waals surface area contributed by atoms with Crippen LogP contribution in [0, 0.1) is 0 Å². The third-order valence-corrected chi connectivity index (χ3v) is 4.04. The minimum atomic E-state index is -0.589. The average molecular weight is 393 g/mol. The quantitative estimate of drug-likeness (QED) is 0.463. The molecule has 2 aromatic heterocycles. The van der Waals surface area contributed by atoms with Gasteiger partial charge < -0.3 is 14.8 Å². The Morgan fingerprint density at radius 3 is 2.72 bits per heavy atom. The van der Waals surface area contributed by atoms with Gasteiger partial charge in [-0.05, 0) is 37.6 Å². The van der Waals surface area contributed by atoms with Crippen LogP contribution in [-0.2, 0) is 9.53 Å². The van der Waals surface area contributed by atoms with Gasteiger partial charge in [0.05, 0.1) is 13.2 Å². The number of hydrogen-bond donors (Lipinski definition) is 1. The number of fused-ring (bicyclic) bond motifs is 1. The molecular formula is C22H23N3O4. The number of benzene rings is 1. The molecule has 0 saturated carbocycles. The van der Waals surface area contributed by atoms with E-state index >= 15 is 0 Å². The summed E-state index contributed by atoms with van der Waals surface area (Å²) < 4.78 is 12.4. The first kappa shape index (κ1) is 20.1. The Bertz CT molecular complexity index is 1040. The van der Waals surface area contributed by atoms with Crippen molar-refractivity contribution in [3.63, 3.8) is 0 Å². The van der Waals surface area contributed by atoms with Gasteiger partial charge in [0.1, 0.15) is 11.4 Å². The van der Waals surface area contributed by atoms with Gasteiger partial charge in [0, 0.05) is 17.8 Å². The van der Waals surface area contributed by atoms with Gasteiger partial charge in [-0.15, -0.1) is 0 Å². The largest absolute Gasteiger partial charge is 0.493 e. The highest BCUT2D eigenvalue weighted by Crippen LogP contribution is 2.21. The van der Waals surface area contributed by atoms with Crippen LogP contribution in [0.4, 0.5) is 5.82 Å². The van der Waals surface area contributed by atoms with Crippen molar-refractivity contribution in [2.24, 2.45) is 0 Å². The molecule has 7 nitrogen and oxygen atoms in total. The van der Waals surface area contributed by atoms with Crippen LogP contribution >= 0.6 is 0 Å². The minimum Gasteiger partial charge on any atom is -0.493 e. The first-order valence-electron chi connectivity index (χ1n) is 9.49. The second-order valence-electron chi connectivity index (χ2n) is 6.17. The molecule has 2 heterocycles. The van der Waals surface area contributed by atoms with E-state index in [0.29, 0.717) is 18.0 Å². The van der Waals surface area contributed by atoms with Crippen LogP contribution in [0.5, 0.6) is 5.75 Å². The molecule has 3 aromatic rings. The number of aromatic nitrogens is 2. The van der Waals surface area contributed by atoms with Crippen molar-refractivity contribution < 1.29 is 19.1 Å². The molecule has 1 amide bonds. The van der Waals surface area contributed by atoms with Crippen LogP contribution in [0.3, 0.4) is 0 Å². The molecule has 1 aromatic carbocycles. The third-order valence-electron chi connectivity index (χ3n) is 4.04. The van der Waals surface area contributed by atoms with Gasteiger partial charge in [0.15, 0.2) is 11.5 Å². The van der Waals surface area contributed by atoms with E-state index in [2.05, 4.69) is 10.3 Å². The number of nitrogens with zero attached hydrogens (tertiary/aromatic N) is 2. The third kappa shape index (κ3) is 4.82. The van der Waals surface area contributed by atoms with Crippen LogP contribution in [0.1, 0.15) is 36.3 Å². The van der Waals surface area contributed by atoms with E-state index in [1.807, 2.05) is 31.2 Å². The number of ether oxygens (including phenoxy) is 2. The standard InChI is InChI=1S/C22H23N3O4/c1-3-15-29-17-10-6-5-9-16(17)12-13-19(26)24-21-20(22(27)28-4-2)23-18-11-7-8-14-25(18)21/h5-14H,3-4,15H2,1-2H3,(H,24,26)/b13-12+. The fraction of sp³-hybridized carbons (Fsp3) is 0.227. The van der Waals surface area contributed by atoms with Crippen molar-refractivity contribution in [3.8, 4) is 5.75 Å². The predicted octanol–water partition coefficient (Wildman–Crippen LogP) is 3.95. The Balaban J connectivity index is 1.84. The van der Waals surface area contributed by atoms with Crippen molar-refractivity contribution >= 4 is 29.4 Å². The van der Waals surface area contributed by atoms with Crippen molar-refractivity contribution in [2.45, 2.75) is 20.3 Å². The number of rotatable bonds is 8. The van der Waals surface area contributed by atoms with E-state index in [4.69, 9.17) is 9.47 Å². The molecule has 0 fully saturated rings. The van der Waals surface area contributed by atoms with Gasteiger partial charge in [0.2, 0.25) is 5.91 Å². The number of imidazole rings is 1. The number of carbonyl (C=O) groups is 2. The Hall–Kier alpha value is -3.61. The summed E-state index contributed by atoms with van der Waals surface area (Å²) in [7, 11) is 0. The van der Waals surface area contributed by atoms with E-state index in [9.17, 15) is 9.59 Å². The molecule has 150 valence electrons. The summed E-state index contributed by atoms with van der Waals surface area (Å²) in [5.41, 5.74) is 1.39. The summed E-state index contributed by atoms with van der Waals surface area (Å²) in [6, 6.07) is 12.8. The summed E-state index contributed by atoms with van der Waals surface area (Å²) in [6.07, 6.45) is 5.68. The van der Waals surface area contributed by atoms with E-state index in [1.165, 1.54) is 6.08 Å². The molecule has 0 aliphatic rings. The van der Waals surface area contributed by atoms with Crippen molar-refractivity contribution in [3.05, 3.63) is 66.0 Å². The Morgan fingerprint density at radius 1 is 1.14 bits per heavy atom. The van der Waals surface area contributed by atoms with Gasteiger partial charge >= 0.3 is 5.97 Å². The van der Waals surface area contributed by atoms with E-state index in [0.717, 1.165) is 12.0 Å². The maximum Gasteiger partial charge on any atom is 0.360 e. The van der Waals surface area contributed by atoms with Crippen LogP contribution in [0.15, 0.2) is 54.7 Å². The first-order chi connectivity index (χ1) is 14.1. The lowest BCUT2D eigenvalue weighted by atomic mass is 10.2. The zero-order valence-electron chi connectivity index (χ0n) is 16.4. The van der Waals surface area contributed by atoms with Gasteiger partial charge in [-0.3, -0.25) is 9.20 Å². The normalized spacial score (nSPS) is 11.0. The van der Waals surface area contributed by atoms with E-state index in [-0.39, 0.29) is 18.1 Å². The second-order valence-corrected chi connectivity index (χ2v) is 6.17. The molecule has 0 bridgehead atoms. The number of anilines is 1. The maximum atomic E-state index is 12.6. The molecular weight excluding hydrogens is 370 g/mol. The molecule has 0 radical (unpaired) electrons. The summed E-state index contributed by atoms with van der Waals surface area (Å²) in [5.74, 6) is -0.00933. The van der Waals surface area contributed by atoms with E-state index in [1.54, 1.807) is 41.8 Å². The second kappa shape index (κ2) is 9.54. The molecule has 3 rings (SSSR count). The van der Waals surface area contributed by atoms with Crippen LogP contribution in [0.25, 0.3) is 11.7 Å². The smallest absolute Gasteiger partial charge is 0.360 e.